The lowest BCUT2D eigenvalue weighted by molar-refractivity contribution is 0.421. The number of benzene rings is 1. The molecule has 5 nitrogen and oxygen atoms in total. The standard InChI is InChI=1S/C13H17N3O2/c14-7-4-8-15-10-12(17)16(13(15)18)9-11-5-2-1-3-6-11/h1-3,5-6,10,17H,4,7-9,14H2. The molecule has 0 aliphatic carbocycles. The molecule has 0 bridgehead atoms. The molecular formula is C13H17N3O2. The number of aromatic nitrogens is 2. The highest BCUT2D eigenvalue weighted by Gasteiger charge is 2.09. The van der Waals surface area contributed by atoms with E-state index < -0.39 is 0 Å². The Morgan fingerprint density at radius 2 is 1.94 bits per heavy atom. The molecule has 0 saturated carbocycles. The highest BCUT2D eigenvalue weighted by atomic mass is 16.3. The molecule has 2 rings (SSSR count). The van der Waals surface area contributed by atoms with Crippen molar-refractivity contribution >= 4 is 0 Å². The SMILES string of the molecule is NCCCn1cc(O)n(Cc2ccccc2)c1=O. The Labute approximate surface area is 105 Å². The summed E-state index contributed by atoms with van der Waals surface area (Å²) in [5.74, 6) is -0.0131. The summed E-state index contributed by atoms with van der Waals surface area (Å²) in [6, 6.07) is 9.57. The summed E-state index contributed by atoms with van der Waals surface area (Å²) < 4.78 is 2.84. The van der Waals surface area contributed by atoms with E-state index in [-0.39, 0.29) is 11.6 Å². The maximum Gasteiger partial charge on any atom is 0.331 e. The van der Waals surface area contributed by atoms with Gasteiger partial charge in [-0.05, 0) is 18.5 Å². The van der Waals surface area contributed by atoms with Gasteiger partial charge in [-0.1, -0.05) is 30.3 Å². The number of imidazole rings is 1. The second-order valence-electron chi connectivity index (χ2n) is 4.18. The van der Waals surface area contributed by atoms with Crippen LogP contribution < -0.4 is 11.4 Å². The summed E-state index contributed by atoms with van der Waals surface area (Å²) in [4.78, 5) is 12.0. The average Bonchev–Trinajstić information content (AvgIpc) is 2.65. The molecule has 0 aliphatic rings. The lowest BCUT2D eigenvalue weighted by Crippen LogP contribution is -2.25. The third-order valence-electron chi connectivity index (χ3n) is 2.81. The van der Waals surface area contributed by atoms with E-state index >= 15 is 0 Å². The van der Waals surface area contributed by atoms with Crippen LogP contribution in [0.15, 0.2) is 41.3 Å². The van der Waals surface area contributed by atoms with Crippen molar-refractivity contribution in [3.05, 3.63) is 52.6 Å². The lowest BCUT2D eigenvalue weighted by Gasteiger charge is -2.03. The van der Waals surface area contributed by atoms with Gasteiger partial charge in [-0.15, -0.1) is 0 Å². The molecule has 0 unspecified atom stereocenters. The molecule has 1 heterocycles. The summed E-state index contributed by atoms with van der Waals surface area (Å²) in [6.07, 6.45) is 2.18. The highest BCUT2D eigenvalue weighted by molar-refractivity contribution is 5.17. The van der Waals surface area contributed by atoms with Crippen molar-refractivity contribution < 1.29 is 5.11 Å². The van der Waals surface area contributed by atoms with Gasteiger partial charge in [0.25, 0.3) is 0 Å². The van der Waals surface area contributed by atoms with Gasteiger partial charge in [0, 0.05) is 6.54 Å². The predicted octanol–water partition coefficient (Wildman–Crippen LogP) is 0.752. The third kappa shape index (κ3) is 2.62. The van der Waals surface area contributed by atoms with E-state index in [1.54, 1.807) is 0 Å². The number of nitrogens with zero attached hydrogens (tertiary/aromatic N) is 2. The van der Waals surface area contributed by atoms with Crippen molar-refractivity contribution in [3.63, 3.8) is 0 Å². The van der Waals surface area contributed by atoms with Gasteiger partial charge in [-0.3, -0.25) is 9.13 Å². The van der Waals surface area contributed by atoms with Gasteiger partial charge in [-0.2, -0.15) is 0 Å². The Balaban J connectivity index is 2.23. The van der Waals surface area contributed by atoms with Crippen molar-refractivity contribution in [1.82, 2.24) is 9.13 Å². The second-order valence-corrected chi connectivity index (χ2v) is 4.18. The Bertz CT molecular complexity index is 557. The van der Waals surface area contributed by atoms with Crippen LogP contribution >= 0.6 is 0 Å². The van der Waals surface area contributed by atoms with E-state index in [4.69, 9.17) is 5.73 Å². The zero-order chi connectivity index (χ0) is 13.0. The van der Waals surface area contributed by atoms with Gasteiger partial charge < -0.3 is 10.8 Å². The molecule has 5 heteroatoms. The zero-order valence-corrected chi connectivity index (χ0v) is 10.1. The molecule has 1 aromatic heterocycles. The average molecular weight is 247 g/mol. The van der Waals surface area contributed by atoms with E-state index in [0.29, 0.717) is 26.1 Å². The molecule has 18 heavy (non-hydrogen) atoms. The van der Waals surface area contributed by atoms with Crippen LogP contribution in [0.4, 0.5) is 0 Å². The molecule has 0 radical (unpaired) electrons. The maximum atomic E-state index is 12.0. The Morgan fingerprint density at radius 1 is 1.22 bits per heavy atom. The van der Waals surface area contributed by atoms with Crippen LogP contribution in [0.25, 0.3) is 0 Å². The summed E-state index contributed by atoms with van der Waals surface area (Å²) in [6.45, 7) is 1.43. The first kappa shape index (κ1) is 12.4. The summed E-state index contributed by atoms with van der Waals surface area (Å²) in [5.41, 5.74) is 6.18. The van der Waals surface area contributed by atoms with E-state index in [1.807, 2.05) is 30.3 Å². The van der Waals surface area contributed by atoms with E-state index in [0.717, 1.165) is 5.56 Å². The Morgan fingerprint density at radius 3 is 2.61 bits per heavy atom. The minimum absolute atomic E-state index is 0.0131. The highest BCUT2D eigenvalue weighted by Crippen LogP contribution is 2.09. The molecule has 0 spiro atoms. The minimum atomic E-state index is -0.204. The molecule has 0 atom stereocenters. The molecule has 0 saturated heterocycles. The lowest BCUT2D eigenvalue weighted by atomic mass is 10.2. The fraction of sp³-hybridized carbons (Fsp3) is 0.308. The van der Waals surface area contributed by atoms with Crippen molar-refractivity contribution in [1.29, 1.82) is 0 Å². The number of nitrogens with two attached hydrogens (primary N) is 1. The van der Waals surface area contributed by atoms with E-state index in [9.17, 15) is 9.90 Å². The Kier molecular flexibility index (Phi) is 3.84. The predicted molar refractivity (Wildman–Crippen MR) is 69.6 cm³/mol. The first-order valence-corrected chi connectivity index (χ1v) is 5.95. The van der Waals surface area contributed by atoms with Crippen LogP contribution in [0, 0.1) is 0 Å². The van der Waals surface area contributed by atoms with Gasteiger partial charge in [0.1, 0.15) is 0 Å². The second kappa shape index (κ2) is 5.55. The van der Waals surface area contributed by atoms with Crippen LogP contribution in [-0.4, -0.2) is 20.8 Å². The van der Waals surface area contributed by atoms with Gasteiger partial charge in [-0.25, -0.2) is 4.79 Å². The molecule has 0 fully saturated rings. The minimum Gasteiger partial charge on any atom is -0.493 e. The van der Waals surface area contributed by atoms with Crippen LogP contribution in [0.1, 0.15) is 12.0 Å². The van der Waals surface area contributed by atoms with Crippen molar-refractivity contribution in [2.75, 3.05) is 6.54 Å². The molecule has 96 valence electrons. The molecular weight excluding hydrogens is 230 g/mol. The summed E-state index contributed by atoms with van der Waals surface area (Å²) in [7, 11) is 0. The smallest absolute Gasteiger partial charge is 0.331 e. The van der Waals surface area contributed by atoms with E-state index in [1.165, 1.54) is 15.3 Å². The quantitative estimate of drug-likeness (QED) is 0.819. The summed E-state index contributed by atoms with van der Waals surface area (Å²) >= 11 is 0. The molecule has 0 amide bonds. The fourth-order valence-electron chi connectivity index (χ4n) is 1.85. The van der Waals surface area contributed by atoms with Crippen molar-refractivity contribution in [2.45, 2.75) is 19.5 Å². The number of hydrogen-bond donors (Lipinski definition) is 2. The molecule has 3 N–H and O–H groups in total. The molecule has 0 aliphatic heterocycles. The van der Waals surface area contributed by atoms with Crippen LogP contribution in [-0.2, 0) is 13.1 Å². The topological polar surface area (TPSA) is 73.2 Å². The number of aryl methyl sites for hydroxylation is 1. The van der Waals surface area contributed by atoms with E-state index in [2.05, 4.69) is 0 Å². The first-order chi connectivity index (χ1) is 8.72. The number of aromatic hydroxyl groups is 1. The monoisotopic (exact) mass is 247 g/mol. The maximum absolute atomic E-state index is 12.0. The van der Waals surface area contributed by atoms with Crippen molar-refractivity contribution in [3.8, 4) is 5.88 Å². The fourth-order valence-corrected chi connectivity index (χ4v) is 1.85. The normalized spacial score (nSPS) is 10.7. The first-order valence-electron chi connectivity index (χ1n) is 5.95. The van der Waals surface area contributed by atoms with Gasteiger partial charge in [0.2, 0.25) is 5.88 Å². The van der Waals surface area contributed by atoms with Crippen LogP contribution in [0.3, 0.4) is 0 Å². The Hall–Kier alpha value is -2.01. The summed E-state index contributed by atoms with van der Waals surface area (Å²) in [5, 5.41) is 9.78. The third-order valence-corrected chi connectivity index (χ3v) is 2.81. The van der Waals surface area contributed by atoms with Gasteiger partial charge >= 0.3 is 5.69 Å². The van der Waals surface area contributed by atoms with Gasteiger partial charge in [0.15, 0.2) is 0 Å². The largest absolute Gasteiger partial charge is 0.493 e. The molecule has 2 aromatic rings. The zero-order valence-electron chi connectivity index (χ0n) is 10.1. The van der Waals surface area contributed by atoms with Crippen molar-refractivity contribution in [2.24, 2.45) is 5.73 Å². The number of hydrogen-bond acceptors (Lipinski definition) is 3. The molecule has 1 aromatic carbocycles. The van der Waals surface area contributed by atoms with Crippen LogP contribution in [0.2, 0.25) is 0 Å². The van der Waals surface area contributed by atoms with Gasteiger partial charge in [0.05, 0.1) is 12.7 Å². The number of rotatable bonds is 5. The van der Waals surface area contributed by atoms with Crippen LogP contribution in [0.5, 0.6) is 5.88 Å².